The van der Waals surface area contributed by atoms with Crippen molar-refractivity contribution in [3.63, 3.8) is 0 Å². The van der Waals surface area contributed by atoms with E-state index in [1.165, 1.54) is 0 Å². The molecule has 0 spiro atoms. The van der Waals surface area contributed by atoms with Crippen molar-refractivity contribution in [2.45, 2.75) is 18.0 Å². The molecule has 2 aliphatic rings. The average Bonchev–Trinajstić information content (AvgIpc) is 3.63. The van der Waals surface area contributed by atoms with E-state index in [2.05, 4.69) is 10.3 Å². The lowest BCUT2D eigenvalue weighted by molar-refractivity contribution is 0.0537. The molecule has 2 fully saturated rings. The number of aromatic nitrogens is 2. The summed E-state index contributed by atoms with van der Waals surface area (Å²) in [5, 5.41) is 4.18. The smallest absolute Gasteiger partial charge is 0.328 e. The summed E-state index contributed by atoms with van der Waals surface area (Å²) in [4.78, 5) is 33.3. The van der Waals surface area contributed by atoms with E-state index in [0.717, 1.165) is 16.5 Å². The number of nitrogens with zero attached hydrogens (tertiary/aromatic N) is 3. The largest absolute Gasteiger partial charge is 0.489 e. The standard InChI is InChI=1S/C29H28N4O4S/c34-27(25-19-38-28(31-25)21-7-4-10-30-16-21)24-17-33(29(35)32-11-13-36-14-12-32)26-15-22(8-9-23(24)26)37-18-20-5-2-1-3-6-20/h1-10,15-17,25,28,31H,11-14,18-19H2. The van der Waals surface area contributed by atoms with Gasteiger partial charge in [-0.1, -0.05) is 36.4 Å². The zero-order valence-electron chi connectivity index (χ0n) is 20.8. The first kappa shape index (κ1) is 24.7. The highest BCUT2D eigenvalue weighted by molar-refractivity contribution is 7.99. The molecule has 2 aliphatic heterocycles. The van der Waals surface area contributed by atoms with Gasteiger partial charge in [-0.15, -0.1) is 11.8 Å². The van der Waals surface area contributed by atoms with Gasteiger partial charge in [-0.05, 0) is 29.3 Å². The maximum Gasteiger partial charge on any atom is 0.328 e. The number of thioether (sulfide) groups is 1. The lowest BCUT2D eigenvalue weighted by Gasteiger charge is -2.27. The fourth-order valence-electron chi connectivity index (χ4n) is 4.83. The number of nitrogens with one attached hydrogen (secondary N) is 1. The summed E-state index contributed by atoms with van der Waals surface area (Å²) < 4.78 is 13.1. The third-order valence-electron chi connectivity index (χ3n) is 6.86. The Morgan fingerprint density at radius 3 is 2.71 bits per heavy atom. The topological polar surface area (TPSA) is 85.7 Å². The summed E-state index contributed by atoms with van der Waals surface area (Å²) in [5.74, 6) is 1.25. The molecule has 1 amide bonds. The van der Waals surface area contributed by atoms with E-state index < -0.39 is 0 Å². The number of fused-ring (bicyclic) bond motifs is 1. The van der Waals surface area contributed by atoms with Gasteiger partial charge in [0.1, 0.15) is 12.4 Å². The number of amides is 1. The monoisotopic (exact) mass is 528 g/mol. The second-order valence-electron chi connectivity index (χ2n) is 9.33. The molecule has 2 unspecified atom stereocenters. The molecule has 2 saturated heterocycles. The third-order valence-corrected chi connectivity index (χ3v) is 8.13. The SMILES string of the molecule is O=C(c1cn(C(=O)N2CCOCC2)c2cc(OCc3ccccc3)ccc12)C1CSC(c2cccnc2)N1. The Hall–Kier alpha value is -3.66. The van der Waals surface area contributed by atoms with Gasteiger partial charge in [0.2, 0.25) is 0 Å². The zero-order chi connectivity index (χ0) is 25.9. The molecule has 1 N–H and O–H groups in total. The molecule has 2 aromatic carbocycles. The number of ketones is 1. The Morgan fingerprint density at radius 2 is 1.92 bits per heavy atom. The summed E-state index contributed by atoms with van der Waals surface area (Å²) in [6.07, 6.45) is 5.25. The van der Waals surface area contributed by atoms with Crippen LogP contribution in [0.15, 0.2) is 79.3 Å². The first-order valence-corrected chi connectivity index (χ1v) is 13.7. The number of morpholine rings is 1. The summed E-state index contributed by atoms with van der Waals surface area (Å²) in [5.41, 5.74) is 3.28. The summed E-state index contributed by atoms with van der Waals surface area (Å²) >= 11 is 1.69. The molecular formula is C29H28N4O4S. The second-order valence-corrected chi connectivity index (χ2v) is 10.5. The van der Waals surface area contributed by atoms with Gasteiger partial charge in [-0.2, -0.15) is 0 Å². The number of carbonyl (C=O) groups excluding carboxylic acids is 2. The van der Waals surface area contributed by atoms with Crippen LogP contribution < -0.4 is 10.1 Å². The number of Topliss-reactive ketones (excluding diaryl/α,β-unsaturated/α-hetero) is 1. The molecule has 0 saturated carbocycles. The number of benzene rings is 2. The fraction of sp³-hybridized carbons (Fsp3) is 0.276. The van der Waals surface area contributed by atoms with E-state index in [9.17, 15) is 9.59 Å². The summed E-state index contributed by atoms with van der Waals surface area (Å²) in [7, 11) is 0. The van der Waals surface area contributed by atoms with Crippen molar-refractivity contribution >= 4 is 34.5 Å². The number of hydrogen-bond donors (Lipinski definition) is 1. The van der Waals surface area contributed by atoms with Crippen LogP contribution in [0.4, 0.5) is 4.79 Å². The lowest BCUT2D eigenvalue weighted by atomic mass is 10.0. The van der Waals surface area contributed by atoms with Crippen LogP contribution in [0.3, 0.4) is 0 Å². The minimum absolute atomic E-state index is 0.000953. The first-order valence-electron chi connectivity index (χ1n) is 12.7. The molecule has 38 heavy (non-hydrogen) atoms. The third kappa shape index (κ3) is 5.05. The van der Waals surface area contributed by atoms with Crippen molar-refractivity contribution in [2.24, 2.45) is 0 Å². The highest BCUT2D eigenvalue weighted by atomic mass is 32.2. The van der Waals surface area contributed by atoms with Crippen LogP contribution in [0.1, 0.15) is 26.9 Å². The molecule has 0 bridgehead atoms. The van der Waals surface area contributed by atoms with Gasteiger partial charge in [0.05, 0.1) is 30.1 Å². The Morgan fingerprint density at radius 1 is 1.08 bits per heavy atom. The predicted molar refractivity (Wildman–Crippen MR) is 147 cm³/mol. The minimum Gasteiger partial charge on any atom is -0.489 e. The number of rotatable bonds is 6. The molecule has 6 rings (SSSR count). The molecule has 4 heterocycles. The van der Waals surface area contributed by atoms with E-state index >= 15 is 0 Å². The van der Waals surface area contributed by atoms with Crippen LogP contribution in [-0.4, -0.2) is 64.4 Å². The maximum absolute atomic E-state index is 13.8. The zero-order valence-corrected chi connectivity index (χ0v) is 21.6. The van der Waals surface area contributed by atoms with E-state index in [4.69, 9.17) is 9.47 Å². The predicted octanol–water partition coefficient (Wildman–Crippen LogP) is 4.50. The minimum atomic E-state index is -0.364. The average molecular weight is 529 g/mol. The van der Waals surface area contributed by atoms with Gasteiger partial charge in [0.25, 0.3) is 0 Å². The molecule has 4 aromatic rings. The molecule has 8 nitrogen and oxygen atoms in total. The van der Waals surface area contributed by atoms with Gasteiger partial charge in [0, 0.05) is 54.4 Å². The van der Waals surface area contributed by atoms with Crippen LogP contribution in [0.2, 0.25) is 0 Å². The highest BCUT2D eigenvalue weighted by Crippen LogP contribution is 2.35. The number of pyridine rings is 1. The molecule has 9 heteroatoms. The molecule has 0 radical (unpaired) electrons. The van der Waals surface area contributed by atoms with Gasteiger partial charge in [-0.3, -0.25) is 19.7 Å². The molecule has 2 aromatic heterocycles. The van der Waals surface area contributed by atoms with E-state index in [-0.39, 0.29) is 23.2 Å². The Bertz CT molecular complexity index is 1440. The van der Waals surface area contributed by atoms with E-state index in [0.29, 0.717) is 55.5 Å². The van der Waals surface area contributed by atoms with Gasteiger partial charge in [0.15, 0.2) is 5.78 Å². The van der Waals surface area contributed by atoms with Crippen LogP contribution >= 0.6 is 11.8 Å². The maximum atomic E-state index is 13.8. The van der Waals surface area contributed by atoms with Crippen LogP contribution in [0.5, 0.6) is 5.75 Å². The van der Waals surface area contributed by atoms with Crippen molar-refractivity contribution in [2.75, 3.05) is 32.1 Å². The molecule has 194 valence electrons. The van der Waals surface area contributed by atoms with Crippen molar-refractivity contribution in [1.82, 2.24) is 19.8 Å². The van der Waals surface area contributed by atoms with Gasteiger partial charge >= 0.3 is 6.03 Å². The Balaban J connectivity index is 1.30. The van der Waals surface area contributed by atoms with Gasteiger partial charge < -0.3 is 14.4 Å². The Kier molecular flexibility index (Phi) is 7.13. The van der Waals surface area contributed by atoms with Crippen molar-refractivity contribution < 1.29 is 19.1 Å². The Labute approximate surface area is 224 Å². The van der Waals surface area contributed by atoms with E-state index in [1.807, 2.05) is 66.9 Å². The normalized spacial score (nSPS) is 19.5. The van der Waals surface area contributed by atoms with Crippen LogP contribution in [-0.2, 0) is 11.3 Å². The van der Waals surface area contributed by atoms with Crippen molar-refractivity contribution in [3.05, 3.63) is 95.9 Å². The molecule has 2 atom stereocenters. The summed E-state index contributed by atoms with van der Waals surface area (Å²) in [6, 6.07) is 18.9. The van der Waals surface area contributed by atoms with Crippen molar-refractivity contribution in [3.8, 4) is 5.75 Å². The quantitative estimate of drug-likeness (QED) is 0.369. The van der Waals surface area contributed by atoms with Gasteiger partial charge in [-0.25, -0.2) is 4.79 Å². The second kappa shape index (κ2) is 11.0. The van der Waals surface area contributed by atoms with Crippen molar-refractivity contribution in [1.29, 1.82) is 0 Å². The molecular weight excluding hydrogens is 500 g/mol. The summed E-state index contributed by atoms with van der Waals surface area (Å²) in [6.45, 7) is 2.44. The number of hydrogen-bond acceptors (Lipinski definition) is 7. The number of ether oxygens (including phenoxy) is 2. The number of carbonyl (C=O) groups is 2. The molecule has 0 aliphatic carbocycles. The van der Waals surface area contributed by atoms with Crippen LogP contribution in [0, 0.1) is 0 Å². The van der Waals surface area contributed by atoms with E-state index in [1.54, 1.807) is 33.6 Å². The van der Waals surface area contributed by atoms with Crippen LogP contribution in [0.25, 0.3) is 10.9 Å². The first-order chi connectivity index (χ1) is 18.7. The fourth-order valence-corrected chi connectivity index (χ4v) is 6.06. The lowest BCUT2D eigenvalue weighted by Crippen LogP contribution is -2.42. The highest BCUT2D eigenvalue weighted by Gasteiger charge is 2.33.